The molecule has 1 aliphatic carbocycles. The molecule has 0 spiro atoms. The molecule has 1 aromatic heterocycles. The number of rotatable bonds is 6. The number of hydrogen-bond donors (Lipinski definition) is 2. The first-order valence-electron chi connectivity index (χ1n) is 9.09. The Kier molecular flexibility index (Phi) is 6.71. The Labute approximate surface area is 169 Å². The number of carbonyl (C=O) groups excluding carboxylic acids is 1. The van der Waals surface area contributed by atoms with Crippen LogP contribution in [0.15, 0.2) is 30.5 Å². The lowest BCUT2D eigenvalue weighted by Crippen LogP contribution is -2.35. The van der Waals surface area contributed by atoms with Crippen molar-refractivity contribution in [3.63, 3.8) is 0 Å². The number of amides is 1. The Morgan fingerprint density at radius 2 is 2.11 bits per heavy atom. The molecule has 1 unspecified atom stereocenters. The smallest absolute Gasteiger partial charge is 0.255 e. The van der Waals surface area contributed by atoms with Crippen LogP contribution < -0.4 is 10.1 Å². The van der Waals surface area contributed by atoms with Crippen molar-refractivity contribution in [2.75, 3.05) is 6.61 Å². The molecule has 142 valence electrons. The average molecular weight is 405 g/mol. The Bertz CT molecular complexity index is 821. The number of halogens is 2. The van der Waals surface area contributed by atoms with Gasteiger partial charge in [0, 0.05) is 16.9 Å². The fourth-order valence-corrected chi connectivity index (χ4v) is 4.21. The molecule has 1 saturated carbocycles. The second-order valence-electron chi connectivity index (χ2n) is 6.73. The molecule has 3 rings (SSSR count). The molecule has 0 radical (unpaired) electrons. The highest BCUT2D eigenvalue weighted by molar-refractivity contribution is 6.36. The number of nitrogens with one attached hydrogen (secondary N) is 2. The fourth-order valence-electron chi connectivity index (χ4n) is 3.66. The highest BCUT2D eigenvalue weighted by Gasteiger charge is 2.29. The van der Waals surface area contributed by atoms with E-state index in [9.17, 15) is 4.79 Å². The van der Waals surface area contributed by atoms with Gasteiger partial charge in [-0.3, -0.25) is 4.79 Å². The molecule has 4 nitrogen and oxygen atoms in total. The molecule has 0 saturated heterocycles. The number of terminal acetylenes is 1. The molecule has 1 aliphatic rings. The van der Waals surface area contributed by atoms with Crippen molar-refractivity contribution in [2.45, 2.75) is 38.1 Å². The van der Waals surface area contributed by atoms with Crippen molar-refractivity contribution >= 4 is 29.1 Å². The van der Waals surface area contributed by atoms with Crippen molar-refractivity contribution in [1.82, 2.24) is 10.3 Å². The topological polar surface area (TPSA) is 54.1 Å². The first-order valence-corrected chi connectivity index (χ1v) is 9.85. The predicted octanol–water partition coefficient (Wildman–Crippen LogP) is 5.38. The Hall–Kier alpha value is -2.09. The standard InChI is InChI=1S/C21H22Cl2N2O2/c1-2-11-27-20-16(12-15(22)13-17(20)23)21(26)25-19(18-9-6-10-24-18)14-7-4-3-5-8-14/h1,6,9-10,12-14,19,24H,3-5,7-8,11H2,(H,25,26). The zero-order chi connectivity index (χ0) is 19.2. The van der Waals surface area contributed by atoms with E-state index in [1.165, 1.54) is 25.3 Å². The number of benzene rings is 1. The number of carbonyl (C=O) groups is 1. The molecule has 27 heavy (non-hydrogen) atoms. The van der Waals surface area contributed by atoms with Gasteiger partial charge in [-0.1, -0.05) is 48.4 Å². The lowest BCUT2D eigenvalue weighted by atomic mass is 9.82. The summed E-state index contributed by atoms with van der Waals surface area (Å²) in [6.45, 7) is 0.0182. The summed E-state index contributed by atoms with van der Waals surface area (Å²) in [5.41, 5.74) is 1.28. The molecule has 0 aliphatic heterocycles. The van der Waals surface area contributed by atoms with Crippen molar-refractivity contribution < 1.29 is 9.53 Å². The zero-order valence-electron chi connectivity index (χ0n) is 14.9. The predicted molar refractivity (Wildman–Crippen MR) is 108 cm³/mol. The normalized spacial score (nSPS) is 15.7. The van der Waals surface area contributed by atoms with Crippen LogP contribution >= 0.6 is 23.2 Å². The van der Waals surface area contributed by atoms with Gasteiger partial charge in [0.2, 0.25) is 0 Å². The van der Waals surface area contributed by atoms with Gasteiger partial charge in [0.15, 0.2) is 5.75 Å². The van der Waals surface area contributed by atoms with E-state index in [1.807, 2.05) is 18.3 Å². The van der Waals surface area contributed by atoms with E-state index < -0.39 is 0 Å². The van der Waals surface area contributed by atoms with Crippen LogP contribution in [0.2, 0.25) is 10.0 Å². The summed E-state index contributed by atoms with van der Waals surface area (Å²) >= 11 is 12.4. The van der Waals surface area contributed by atoms with E-state index in [2.05, 4.69) is 16.2 Å². The molecule has 0 bridgehead atoms. The monoisotopic (exact) mass is 404 g/mol. The maximum Gasteiger partial charge on any atom is 0.255 e. The van der Waals surface area contributed by atoms with Crippen LogP contribution in [0.3, 0.4) is 0 Å². The summed E-state index contributed by atoms with van der Waals surface area (Å²) < 4.78 is 5.52. The molecule has 2 aromatic rings. The van der Waals surface area contributed by atoms with Crippen LogP contribution in [-0.2, 0) is 0 Å². The van der Waals surface area contributed by atoms with E-state index in [0.29, 0.717) is 10.9 Å². The van der Waals surface area contributed by atoms with Crippen LogP contribution in [0.25, 0.3) is 0 Å². The van der Waals surface area contributed by atoms with Crippen molar-refractivity contribution in [3.05, 3.63) is 51.8 Å². The minimum atomic E-state index is -0.281. The molecule has 2 N–H and O–H groups in total. The molecule has 1 amide bonds. The van der Waals surface area contributed by atoms with Crippen LogP contribution in [-0.4, -0.2) is 17.5 Å². The van der Waals surface area contributed by atoms with Gasteiger partial charge < -0.3 is 15.0 Å². The van der Waals surface area contributed by atoms with Crippen molar-refractivity contribution in [2.24, 2.45) is 5.92 Å². The van der Waals surface area contributed by atoms with Gasteiger partial charge in [-0.15, -0.1) is 6.42 Å². The molecule has 1 atom stereocenters. The first kappa shape index (κ1) is 19.7. The minimum absolute atomic E-state index is 0.0182. The van der Waals surface area contributed by atoms with Gasteiger partial charge in [0.25, 0.3) is 5.91 Å². The fraction of sp³-hybridized carbons (Fsp3) is 0.381. The Balaban J connectivity index is 1.88. The highest BCUT2D eigenvalue weighted by atomic mass is 35.5. The maximum atomic E-state index is 13.1. The van der Waals surface area contributed by atoms with Crippen LogP contribution in [0, 0.1) is 18.3 Å². The zero-order valence-corrected chi connectivity index (χ0v) is 16.4. The van der Waals surface area contributed by atoms with Crippen molar-refractivity contribution in [3.8, 4) is 18.1 Å². The quantitative estimate of drug-likeness (QED) is 0.634. The molecule has 6 heteroatoms. The average Bonchev–Trinajstić information content (AvgIpc) is 3.20. The summed E-state index contributed by atoms with van der Waals surface area (Å²) in [5.74, 6) is 2.74. The number of hydrogen-bond acceptors (Lipinski definition) is 2. The van der Waals surface area contributed by atoms with E-state index in [0.717, 1.165) is 18.5 Å². The molecule has 1 aromatic carbocycles. The van der Waals surface area contributed by atoms with Crippen LogP contribution in [0.1, 0.15) is 54.2 Å². The van der Waals surface area contributed by atoms with Gasteiger partial charge in [-0.2, -0.15) is 0 Å². The van der Waals surface area contributed by atoms with Gasteiger partial charge in [-0.25, -0.2) is 0 Å². The number of aromatic nitrogens is 1. The molecule has 1 heterocycles. The molecular weight excluding hydrogens is 383 g/mol. The van der Waals surface area contributed by atoms with Gasteiger partial charge in [0.1, 0.15) is 6.61 Å². The van der Waals surface area contributed by atoms with Crippen LogP contribution in [0.5, 0.6) is 5.75 Å². The lowest BCUT2D eigenvalue weighted by molar-refractivity contribution is 0.0907. The van der Waals surface area contributed by atoms with E-state index in [4.69, 9.17) is 34.4 Å². The third-order valence-electron chi connectivity index (χ3n) is 4.92. The number of H-pyrrole nitrogens is 1. The largest absolute Gasteiger partial charge is 0.479 e. The molecule has 1 fully saturated rings. The number of ether oxygens (including phenoxy) is 1. The second kappa shape index (κ2) is 9.21. The third-order valence-corrected chi connectivity index (χ3v) is 5.42. The third kappa shape index (κ3) is 4.80. The van der Waals surface area contributed by atoms with Gasteiger partial charge in [-0.05, 0) is 43.0 Å². The lowest BCUT2D eigenvalue weighted by Gasteiger charge is -2.30. The van der Waals surface area contributed by atoms with Crippen LogP contribution in [0.4, 0.5) is 0 Å². The van der Waals surface area contributed by atoms with Crippen molar-refractivity contribution in [1.29, 1.82) is 0 Å². The summed E-state index contributed by atoms with van der Waals surface area (Å²) in [6, 6.07) is 6.93. The number of aromatic amines is 1. The highest BCUT2D eigenvalue weighted by Crippen LogP contribution is 2.36. The summed E-state index contributed by atoms with van der Waals surface area (Å²) in [4.78, 5) is 16.3. The summed E-state index contributed by atoms with van der Waals surface area (Å²) in [5, 5.41) is 3.79. The summed E-state index contributed by atoms with van der Waals surface area (Å²) in [7, 11) is 0. The van der Waals surface area contributed by atoms with Gasteiger partial charge in [0.05, 0.1) is 16.6 Å². The minimum Gasteiger partial charge on any atom is -0.479 e. The second-order valence-corrected chi connectivity index (χ2v) is 7.58. The Morgan fingerprint density at radius 3 is 2.78 bits per heavy atom. The SMILES string of the molecule is C#CCOc1c(Cl)cc(Cl)cc1C(=O)NC(c1ccc[nH]1)C1CCCCC1. The van der Waals surface area contributed by atoms with E-state index in [1.54, 1.807) is 6.07 Å². The van der Waals surface area contributed by atoms with E-state index >= 15 is 0 Å². The van der Waals surface area contributed by atoms with Gasteiger partial charge >= 0.3 is 0 Å². The van der Waals surface area contributed by atoms with E-state index in [-0.39, 0.29) is 34.9 Å². The summed E-state index contributed by atoms with van der Waals surface area (Å²) in [6.07, 6.45) is 12.9. The first-order chi connectivity index (χ1) is 13.1. The maximum absolute atomic E-state index is 13.1. The molecular formula is C21H22Cl2N2O2. The Morgan fingerprint density at radius 1 is 1.33 bits per heavy atom.